The lowest BCUT2D eigenvalue weighted by atomic mass is 10.1. The van der Waals surface area contributed by atoms with Gasteiger partial charge in [0.15, 0.2) is 0 Å². The van der Waals surface area contributed by atoms with Crippen molar-refractivity contribution in [3.63, 3.8) is 0 Å². The van der Waals surface area contributed by atoms with Gasteiger partial charge in [-0.3, -0.25) is 18.9 Å². The van der Waals surface area contributed by atoms with Crippen LogP contribution in [0.2, 0.25) is 0 Å². The van der Waals surface area contributed by atoms with Gasteiger partial charge in [-0.25, -0.2) is 4.57 Å². The summed E-state index contributed by atoms with van der Waals surface area (Å²) in [6.45, 7) is 8.17. The van der Waals surface area contributed by atoms with Gasteiger partial charge in [0, 0.05) is 32.4 Å². The van der Waals surface area contributed by atoms with Crippen molar-refractivity contribution in [2.24, 2.45) is 0 Å². The molecule has 156 valence electrons. The number of aromatic nitrogens is 3. The summed E-state index contributed by atoms with van der Waals surface area (Å²) in [6.07, 6.45) is 3.25. The van der Waals surface area contributed by atoms with Gasteiger partial charge in [0.25, 0.3) is 17.1 Å². The van der Waals surface area contributed by atoms with Crippen molar-refractivity contribution < 1.29 is 14.1 Å². The molecule has 3 aromatic heterocycles. The van der Waals surface area contributed by atoms with E-state index in [1.54, 1.807) is 29.0 Å². The molecule has 30 heavy (non-hydrogen) atoms. The molecule has 4 heterocycles. The number of nitrogens with zero attached hydrogens (tertiary/aromatic N) is 4. The van der Waals surface area contributed by atoms with Gasteiger partial charge < -0.3 is 15.8 Å². The standard InChI is InChI=1S/C21H24N6O3/c1-2-6-23-20(28)15-14-16-19(24-17-5-3-4-7-26(17)21(16)29)27(18(15)22)9-8-25-10-12-30-13-11-25/h2-5,7,14,22H,1,6,8-13H2,(H,23,28)/p+1. The smallest absolute Gasteiger partial charge is 0.278 e. The van der Waals surface area contributed by atoms with E-state index in [4.69, 9.17) is 10.5 Å². The number of ether oxygens (including phenoxy) is 1. The summed E-state index contributed by atoms with van der Waals surface area (Å²) in [4.78, 5) is 32.8. The molecule has 3 N–H and O–H groups in total. The first-order valence-corrected chi connectivity index (χ1v) is 9.93. The van der Waals surface area contributed by atoms with Crippen molar-refractivity contribution in [2.75, 3.05) is 45.1 Å². The summed E-state index contributed by atoms with van der Waals surface area (Å²) in [5, 5.41) is 3.08. The monoisotopic (exact) mass is 409 g/mol. The van der Waals surface area contributed by atoms with E-state index in [2.05, 4.69) is 21.8 Å². The SMILES string of the molecule is C=CCNC(=O)c1cc2c(=O)n3ccccc3nc2[n+](CCN2CCOCC2)c1N. The molecule has 1 aliphatic rings. The molecule has 1 aliphatic heterocycles. The van der Waals surface area contributed by atoms with E-state index < -0.39 is 0 Å². The highest BCUT2D eigenvalue weighted by Crippen LogP contribution is 2.15. The number of nitrogen functional groups attached to an aromatic ring is 1. The number of rotatable bonds is 6. The Morgan fingerprint density at radius 2 is 2.17 bits per heavy atom. The summed E-state index contributed by atoms with van der Waals surface area (Å²) in [6, 6.07) is 6.90. The van der Waals surface area contributed by atoms with Gasteiger partial charge >= 0.3 is 0 Å². The fourth-order valence-corrected chi connectivity index (χ4v) is 3.64. The van der Waals surface area contributed by atoms with Crippen LogP contribution in [0.1, 0.15) is 10.4 Å². The number of nitrogens with one attached hydrogen (secondary N) is 1. The van der Waals surface area contributed by atoms with Crippen molar-refractivity contribution in [2.45, 2.75) is 6.54 Å². The lowest BCUT2D eigenvalue weighted by molar-refractivity contribution is -0.658. The van der Waals surface area contributed by atoms with E-state index in [1.807, 2.05) is 6.07 Å². The predicted molar refractivity (Wildman–Crippen MR) is 113 cm³/mol. The van der Waals surface area contributed by atoms with E-state index in [-0.39, 0.29) is 22.8 Å². The Labute approximate surface area is 173 Å². The molecule has 0 bridgehead atoms. The lowest BCUT2D eigenvalue weighted by Gasteiger charge is -2.26. The van der Waals surface area contributed by atoms with Crippen LogP contribution in [0.3, 0.4) is 0 Å². The Morgan fingerprint density at radius 1 is 1.37 bits per heavy atom. The Bertz CT molecular complexity index is 1170. The fraction of sp³-hybridized carbons (Fsp3) is 0.333. The largest absolute Gasteiger partial charge is 0.379 e. The summed E-state index contributed by atoms with van der Waals surface area (Å²) < 4.78 is 8.64. The molecule has 0 aliphatic carbocycles. The molecule has 3 aromatic rings. The van der Waals surface area contributed by atoms with Crippen LogP contribution in [0.5, 0.6) is 0 Å². The van der Waals surface area contributed by atoms with Crippen molar-refractivity contribution in [3.05, 3.63) is 59.0 Å². The first-order chi connectivity index (χ1) is 14.6. The molecule has 9 heteroatoms. The molecule has 0 unspecified atom stereocenters. The maximum atomic E-state index is 13.1. The van der Waals surface area contributed by atoms with E-state index in [0.29, 0.717) is 49.5 Å². The molecule has 0 radical (unpaired) electrons. The fourth-order valence-electron chi connectivity index (χ4n) is 3.64. The zero-order valence-electron chi connectivity index (χ0n) is 16.7. The number of pyridine rings is 2. The summed E-state index contributed by atoms with van der Waals surface area (Å²) in [5.74, 6) is -0.0727. The molecule has 1 fully saturated rings. The first-order valence-electron chi connectivity index (χ1n) is 9.93. The van der Waals surface area contributed by atoms with Gasteiger partial charge in [-0.2, -0.15) is 0 Å². The third-order valence-corrected chi connectivity index (χ3v) is 5.26. The van der Waals surface area contributed by atoms with Gasteiger partial charge in [0.2, 0.25) is 11.5 Å². The Hall–Kier alpha value is -3.30. The van der Waals surface area contributed by atoms with E-state index in [1.165, 1.54) is 10.5 Å². The number of fused-ring (bicyclic) bond motifs is 2. The molecular weight excluding hydrogens is 384 g/mol. The van der Waals surface area contributed by atoms with Crippen LogP contribution >= 0.6 is 0 Å². The molecular formula is C21H25N6O3+. The minimum Gasteiger partial charge on any atom is -0.379 e. The van der Waals surface area contributed by atoms with Crippen LogP contribution in [0.25, 0.3) is 16.7 Å². The molecule has 1 amide bonds. The van der Waals surface area contributed by atoms with Crippen LogP contribution in [-0.2, 0) is 11.3 Å². The van der Waals surface area contributed by atoms with Gasteiger partial charge in [0.05, 0.1) is 19.8 Å². The molecule has 0 spiro atoms. The zero-order valence-corrected chi connectivity index (χ0v) is 16.7. The quantitative estimate of drug-likeness (QED) is 0.336. The number of hydrogen-bond acceptors (Lipinski definition) is 6. The Balaban J connectivity index is 1.86. The number of carbonyl (C=O) groups excluding carboxylic acids is 1. The van der Waals surface area contributed by atoms with E-state index in [9.17, 15) is 9.59 Å². The average molecular weight is 409 g/mol. The molecule has 1 saturated heterocycles. The second-order valence-corrected chi connectivity index (χ2v) is 7.13. The molecule has 9 nitrogen and oxygen atoms in total. The van der Waals surface area contributed by atoms with Crippen molar-refractivity contribution in [3.8, 4) is 0 Å². The first kappa shape index (κ1) is 20.0. The third-order valence-electron chi connectivity index (χ3n) is 5.26. The average Bonchev–Trinajstić information content (AvgIpc) is 2.77. The highest BCUT2D eigenvalue weighted by molar-refractivity contribution is 6.00. The maximum absolute atomic E-state index is 13.1. The predicted octanol–water partition coefficient (Wildman–Crippen LogP) is -0.0346. The number of carbonyl (C=O) groups is 1. The molecule has 4 rings (SSSR count). The second-order valence-electron chi connectivity index (χ2n) is 7.13. The maximum Gasteiger partial charge on any atom is 0.278 e. The van der Waals surface area contributed by atoms with Crippen LogP contribution < -0.4 is 21.2 Å². The normalized spacial score (nSPS) is 14.8. The highest BCUT2D eigenvalue weighted by Gasteiger charge is 2.24. The summed E-state index contributed by atoms with van der Waals surface area (Å²) in [5.41, 5.74) is 7.42. The van der Waals surface area contributed by atoms with Crippen LogP contribution in [0, 0.1) is 0 Å². The molecule has 0 atom stereocenters. The number of nitrogens with two attached hydrogens (primary N) is 1. The van der Waals surface area contributed by atoms with Gasteiger partial charge in [-0.05, 0) is 18.2 Å². The Kier molecular flexibility index (Phi) is 5.73. The lowest BCUT2D eigenvalue weighted by Crippen LogP contribution is -2.48. The van der Waals surface area contributed by atoms with Gasteiger partial charge in [-0.1, -0.05) is 17.1 Å². The van der Waals surface area contributed by atoms with Crippen LogP contribution in [-0.4, -0.2) is 59.6 Å². The number of amides is 1. The molecule has 0 saturated carbocycles. The minimum atomic E-state index is -0.355. The number of anilines is 1. The third kappa shape index (κ3) is 3.77. The second kappa shape index (κ2) is 8.60. The zero-order chi connectivity index (χ0) is 21.1. The van der Waals surface area contributed by atoms with Gasteiger partial charge in [0.1, 0.15) is 10.9 Å². The van der Waals surface area contributed by atoms with Crippen molar-refractivity contribution >= 4 is 28.4 Å². The van der Waals surface area contributed by atoms with Gasteiger partial charge in [-0.15, -0.1) is 6.58 Å². The van der Waals surface area contributed by atoms with Crippen LogP contribution in [0.15, 0.2) is 47.9 Å². The topological polar surface area (TPSA) is 106 Å². The highest BCUT2D eigenvalue weighted by atomic mass is 16.5. The van der Waals surface area contributed by atoms with E-state index in [0.717, 1.165) is 13.1 Å². The number of hydrogen-bond donors (Lipinski definition) is 2. The Morgan fingerprint density at radius 3 is 2.93 bits per heavy atom. The summed E-state index contributed by atoms with van der Waals surface area (Å²) in [7, 11) is 0. The van der Waals surface area contributed by atoms with Crippen molar-refractivity contribution in [1.29, 1.82) is 0 Å². The van der Waals surface area contributed by atoms with Crippen molar-refractivity contribution in [1.82, 2.24) is 19.6 Å². The number of morpholine rings is 1. The summed E-state index contributed by atoms with van der Waals surface area (Å²) >= 11 is 0. The minimum absolute atomic E-state index is 0.242. The molecule has 0 aromatic carbocycles. The van der Waals surface area contributed by atoms with Crippen LogP contribution in [0.4, 0.5) is 5.82 Å². The van der Waals surface area contributed by atoms with E-state index >= 15 is 0 Å².